The summed E-state index contributed by atoms with van der Waals surface area (Å²) in [6.07, 6.45) is 1.89. The fourth-order valence-corrected chi connectivity index (χ4v) is 1.92. The van der Waals surface area contributed by atoms with Gasteiger partial charge in [-0.3, -0.25) is 0 Å². The van der Waals surface area contributed by atoms with E-state index in [9.17, 15) is 5.11 Å². The van der Waals surface area contributed by atoms with Crippen molar-refractivity contribution in [3.8, 4) is 17.0 Å². The Hall–Kier alpha value is -2.29. The standard InChI is InChI=1S/C14H12N2O/c1-10-5-6-14(17)12(8-10)13-9-11-4-2-3-7-16(11)15-13/h2-9,17H,1H3. The van der Waals surface area contributed by atoms with Gasteiger partial charge in [0, 0.05) is 11.8 Å². The number of phenolic OH excluding ortho intramolecular Hbond substituents is 1. The van der Waals surface area contributed by atoms with Crippen LogP contribution < -0.4 is 0 Å². The van der Waals surface area contributed by atoms with Gasteiger partial charge in [0.1, 0.15) is 5.75 Å². The van der Waals surface area contributed by atoms with Gasteiger partial charge in [-0.05, 0) is 37.3 Å². The maximum absolute atomic E-state index is 9.86. The van der Waals surface area contributed by atoms with Gasteiger partial charge in [-0.25, -0.2) is 4.52 Å². The average Bonchev–Trinajstić information content (AvgIpc) is 2.75. The second-order valence-electron chi connectivity index (χ2n) is 4.12. The number of phenols is 1. The first-order chi connectivity index (χ1) is 8.24. The Morgan fingerprint density at radius 2 is 2.00 bits per heavy atom. The van der Waals surface area contributed by atoms with E-state index in [2.05, 4.69) is 5.10 Å². The molecule has 2 aromatic heterocycles. The summed E-state index contributed by atoms with van der Waals surface area (Å²) in [5.74, 6) is 0.263. The smallest absolute Gasteiger partial charge is 0.125 e. The molecule has 17 heavy (non-hydrogen) atoms. The number of rotatable bonds is 1. The highest BCUT2D eigenvalue weighted by Gasteiger charge is 2.08. The molecule has 1 aromatic carbocycles. The molecule has 1 N–H and O–H groups in total. The molecule has 3 nitrogen and oxygen atoms in total. The van der Waals surface area contributed by atoms with Crippen molar-refractivity contribution < 1.29 is 5.11 Å². The first-order valence-electron chi connectivity index (χ1n) is 5.48. The van der Waals surface area contributed by atoms with E-state index < -0.39 is 0 Å². The van der Waals surface area contributed by atoms with Crippen molar-refractivity contribution in [3.63, 3.8) is 0 Å². The van der Waals surface area contributed by atoms with Gasteiger partial charge in [0.2, 0.25) is 0 Å². The zero-order valence-electron chi connectivity index (χ0n) is 9.46. The van der Waals surface area contributed by atoms with Crippen molar-refractivity contribution in [2.75, 3.05) is 0 Å². The molecule has 0 unspecified atom stereocenters. The fraction of sp³-hybridized carbons (Fsp3) is 0.0714. The summed E-state index contributed by atoms with van der Waals surface area (Å²) in [6.45, 7) is 2.00. The number of benzene rings is 1. The second-order valence-corrected chi connectivity index (χ2v) is 4.12. The first-order valence-corrected chi connectivity index (χ1v) is 5.48. The highest BCUT2D eigenvalue weighted by molar-refractivity contribution is 5.71. The fourth-order valence-electron chi connectivity index (χ4n) is 1.92. The quantitative estimate of drug-likeness (QED) is 0.690. The lowest BCUT2D eigenvalue weighted by Gasteiger charge is -2.01. The lowest BCUT2D eigenvalue weighted by atomic mass is 10.1. The van der Waals surface area contributed by atoms with Gasteiger partial charge in [0.05, 0.1) is 11.2 Å². The van der Waals surface area contributed by atoms with Crippen molar-refractivity contribution >= 4 is 5.52 Å². The minimum Gasteiger partial charge on any atom is -0.507 e. The average molecular weight is 224 g/mol. The molecule has 0 saturated carbocycles. The molecule has 3 heteroatoms. The van der Waals surface area contributed by atoms with Crippen LogP contribution in [0.4, 0.5) is 0 Å². The van der Waals surface area contributed by atoms with Gasteiger partial charge in [-0.2, -0.15) is 5.10 Å². The van der Waals surface area contributed by atoms with Gasteiger partial charge < -0.3 is 5.11 Å². The van der Waals surface area contributed by atoms with E-state index in [1.807, 2.05) is 49.5 Å². The maximum atomic E-state index is 9.86. The predicted octanol–water partition coefficient (Wildman–Crippen LogP) is 3.02. The third-order valence-corrected chi connectivity index (χ3v) is 2.80. The number of aryl methyl sites for hydroxylation is 1. The molecular formula is C14H12N2O. The zero-order chi connectivity index (χ0) is 11.8. The largest absolute Gasteiger partial charge is 0.507 e. The summed E-state index contributed by atoms with van der Waals surface area (Å²) in [7, 11) is 0. The summed E-state index contributed by atoms with van der Waals surface area (Å²) < 4.78 is 1.80. The van der Waals surface area contributed by atoms with E-state index in [1.165, 1.54) is 0 Å². The van der Waals surface area contributed by atoms with Crippen molar-refractivity contribution in [1.29, 1.82) is 0 Å². The Morgan fingerprint density at radius 3 is 2.82 bits per heavy atom. The minimum atomic E-state index is 0.263. The number of aromatic hydroxyl groups is 1. The summed E-state index contributed by atoms with van der Waals surface area (Å²) in [5, 5.41) is 14.3. The number of nitrogens with zero attached hydrogens (tertiary/aromatic N) is 2. The summed E-state index contributed by atoms with van der Waals surface area (Å²) in [6, 6.07) is 13.4. The maximum Gasteiger partial charge on any atom is 0.125 e. The minimum absolute atomic E-state index is 0.263. The molecule has 0 bridgehead atoms. The SMILES string of the molecule is Cc1ccc(O)c(-c2cc3ccccn3n2)c1. The van der Waals surface area contributed by atoms with Crippen LogP contribution in [-0.2, 0) is 0 Å². The lowest BCUT2D eigenvalue weighted by Crippen LogP contribution is -1.86. The van der Waals surface area contributed by atoms with Crippen LogP contribution in [0.5, 0.6) is 5.75 Å². The van der Waals surface area contributed by atoms with Crippen molar-refractivity contribution in [2.45, 2.75) is 6.92 Å². The molecule has 0 aliphatic rings. The molecule has 0 aliphatic carbocycles. The number of hydrogen-bond acceptors (Lipinski definition) is 2. The highest BCUT2D eigenvalue weighted by Crippen LogP contribution is 2.29. The zero-order valence-corrected chi connectivity index (χ0v) is 9.46. The number of hydrogen-bond donors (Lipinski definition) is 1. The van der Waals surface area contributed by atoms with Crippen LogP contribution in [0.15, 0.2) is 48.7 Å². The summed E-state index contributed by atoms with van der Waals surface area (Å²) in [5.41, 5.74) is 3.68. The third-order valence-electron chi connectivity index (χ3n) is 2.80. The van der Waals surface area contributed by atoms with Crippen molar-refractivity contribution in [2.24, 2.45) is 0 Å². The molecular weight excluding hydrogens is 212 g/mol. The van der Waals surface area contributed by atoms with Crippen LogP contribution in [0.2, 0.25) is 0 Å². The first kappa shape index (κ1) is 9.90. The van der Waals surface area contributed by atoms with Gasteiger partial charge in [-0.15, -0.1) is 0 Å². The van der Waals surface area contributed by atoms with E-state index in [0.717, 1.165) is 22.3 Å². The molecule has 0 amide bonds. The predicted molar refractivity (Wildman–Crippen MR) is 67.0 cm³/mol. The Balaban J connectivity index is 2.23. The molecule has 0 aliphatic heterocycles. The van der Waals surface area contributed by atoms with E-state index in [4.69, 9.17) is 0 Å². The summed E-state index contributed by atoms with van der Waals surface area (Å²) >= 11 is 0. The van der Waals surface area contributed by atoms with E-state index in [0.29, 0.717) is 0 Å². The Labute approximate surface area is 99.0 Å². The molecule has 2 heterocycles. The molecule has 0 fully saturated rings. The van der Waals surface area contributed by atoms with Crippen LogP contribution in [0.25, 0.3) is 16.8 Å². The Morgan fingerprint density at radius 1 is 1.12 bits per heavy atom. The Kier molecular flexibility index (Phi) is 2.11. The van der Waals surface area contributed by atoms with E-state index >= 15 is 0 Å². The third kappa shape index (κ3) is 1.65. The normalized spacial score (nSPS) is 10.9. The van der Waals surface area contributed by atoms with Crippen LogP contribution >= 0.6 is 0 Å². The Bertz CT molecular complexity index is 653. The van der Waals surface area contributed by atoms with Gasteiger partial charge in [0.25, 0.3) is 0 Å². The molecule has 3 aromatic rings. The number of pyridine rings is 1. The van der Waals surface area contributed by atoms with Gasteiger partial charge in [0.15, 0.2) is 0 Å². The molecule has 0 radical (unpaired) electrons. The highest BCUT2D eigenvalue weighted by atomic mass is 16.3. The molecule has 0 saturated heterocycles. The monoisotopic (exact) mass is 224 g/mol. The molecule has 3 rings (SSSR count). The van der Waals surface area contributed by atoms with Gasteiger partial charge >= 0.3 is 0 Å². The van der Waals surface area contributed by atoms with Crippen LogP contribution in [0.1, 0.15) is 5.56 Å². The number of fused-ring (bicyclic) bond motifs is 1. The van der Waals surface area contributed by atoms with Crippen LogP contribution in [0, 0.1) is 6.92 Å². The summed E-state index contributed by atoms with van der Waals surface area (Å²) in [4.78, 5) is 0. The second kappa shape index (κ2) is 3.63. The van der Waals surface area contributed by atoms with E-state index in [1.54, 1.807) is 10.6 Å². The van der Waals surface area contributed by atoms with Gasteiger partial charge in [-0.1, -0.05) is 17.7 Å². The van der Waals surface area contributed by atoms with Crippen LogP contribution in [-0.4, -0.2) is 14.7 Å². The lowest BCUT2D eigenvalue weighted by molar-refractivity contribution is 0.477. The van der Waals surface area contributed by atoms with E-state index in [-0.39, 0.29) is 5.75 Å². The van der Waals surface area contributed by atoms with Crippen molar-refractivity contribution in [1.82, 2.24) is 9.61 Å². The molecule has 84 valence electrons. The molecule has 0 spiro atoms. The van der Waals surface area contributed by atoms with Crippen molar-refractivity contribution in [3.05, 3.63) is 54.2 Å². The topological polar surface area (TPSA) is 37.5 Å². The molecule has 0 atom stereocenters. The van der Waals surface area contributed by atoms with Crippen LogP contribution in [0.3, 0.4) is 0 Å². The number of aromatic nitrogens is 2.